The van der Waals surface area contributed by atoms with Gasteiger partial charge in [-0.3, -0.25) is 19.7 Å². The van der Waals surface area contributed by atoms with E-state index in [0.717, 1.165) is 63.1 Å². The number of nitrogens with one attached hydrogen (secondary N) is 1. The molecule has 5 rings (SSSR count). The van der Waals surface area contributed by atoms with E-state index in [9.17, 15) is 29.6 Å². The Bertz CT molecular complexity index is 1410. The van der Waals surface area contributed by atoms with Gasteiger partial charge in [0.2, 0.25) is 0 Å². The maximum absolute atomic E-state index is 12.7. The van der Waals surface area contributed by atoms with Crippen molar-refractivity contribution in [1.82, 2.24) is 5.32 Å². The fraction of sp³-hybridized carbons (Fsp3) is 0.636. The van der Waals surface area contributed by atoms with Gasteiger partial charge >= 0.3 is 11.7 Å². The van der Waals surface area contributed by atoms with Crippen LogP contribution in [0.3, 0.4) is 0 Å². The van der Waals surface area contributed by atoms with E-state index in [0.29, 0.717) is 29.1 Å². The quantitative estimate of drug-likeness (QED) is 0.224. The van der Waals surface area contributed by atoms with Crippen molar-refractivity contribution in [2.75, 3.05) is 13.7 Å². The summed E-state index contributed by atoms with van der Waals surface area (Å²) in [6, 6.07) is 2.65. The van der Waals surface area contributed by atoms with Crippen LogP contribution in [0.5, 0.6) is 5.75 Å². The molecular formula is C33H43N3O8. The molecule has 7 atom stereocenters. The third-order valence-corrected chi connectivity index (χ3v) is 11.3. The summed E-state index contributed by atoms with van der Waals surface area (Å²) in [5.41, 5.74) is 2.30. The summed E-state index contributed by atoms with van der Waals surface area (Å²) in [5, 5.41) is 27.7. The highest BCUT2D eigenvalue weighted by atomic mass is 16.6. The van der Waals surface area contributed by atoms with E-state index in [1.807, 2.05) is 0 Å². The lowest BCUT2D eigenvalue weighted by Crippen LogP contribution is -2.51. The zero-order chi connectivity index (χ0) is 31.8. The van der Waals surface area contributed by atoms with Crippen LogP contribution in [-0.4, -0.2) is 53.2 Å². The van der Waals surface area contributed by atoms with Crippen molar-refractivity contribution in [3.05, 3.63) is 45.5 Å². The van der Waals surface area contributed by atoms with E-state index in [2.05, 4.69) is 30.4 Å². The van der Waals surface area contributed by atoms with Gasteiger partial charge in [0.05, 0.1) is 17.7 Å². The number of Topliss-reactive ketones (excluding diaryl/α,β-unsaturated/α-hetero) is 1. The van der Waals surface area contributed by atoms with E-state index in [1.54, 1.807) is 6.92 Å². The van der Waals surface area contributed by atoms with Crippen molar-refractivity contribution in [1.29, 1.82) is 0 Å². The number of ketones is 1. The molecule has 5 unspecified atom stereocenters. The number of ether oxygens (including phenoxy) is 1. The summed E-state index contributed by atoms with van der Waals surface area (Å²) in [6.45, 7) is 6.13. The Morgan fingerprint density at radius 2 is 1.91 bits per heavy atom. The molecule has 0 aliphatic heterocycles. The first-order valence-corrected chi connectivity index (χ1v) is 15.6. The molecule has 1 amide bonds. The number of nitro benzene ring substituents is 1. The number of rotatable bonds is 9. The lowest BCUT2D eigenvalue weighted by Gasteiger charge is -2.58. The second kappa shape index (κ2) is 12.3. The second-order valence-electron chi connectivity index (χ2n) is 13.6. The normalized spacial score (nSPS) is 32.4. The molecular weight excluding hydrogens is 566 g/mol. The van der Waals surface area contributed by atoms with Crippen LogP contribution in [0.4, 0.5) is 5.69 Å². The third-order valence-electron chi connectivity index (χ3n) is 11.3. The molecule has 0 spiro atoms. The van der Waals surface area contributed by atoms with E-state index >= 15 is 0 Å². The fourth-order valence-electron chi connectivity index (χ4n) is 9.13. The first-order chi connectivity index (χ1) is 20.9. The number of nitro groups is 1. The van der Waals surface area contributed by atoms with Crippen LogP contribution in [0.15, 0.2) is 35.0 Å². The number of esters is 1. The summed E-state index contributed by atoms with van der Waals surface area (Å²) in [5.74, 6) is 0.626. The summed E-state index contributed by atoms with van der Waals surface area (Å²) < 4.78 is 4.80. The topological polar surface area (TPSA) is 157 Å². The minimum Gasteiger partial charge on any atom is -0.502 e. The Morgan fingerprint density at radius 3 is 2.61 bits per heavy atom. The van der Waals surface area contributed by atoms with Gasteiger partial charge in [-0.15, -0.1) is 0 Å². The lowest BCUT2D eigenvalue weighted by atomic mass is 9.46. The molecule has 44 heavy (non-hydrogen) atoms. The highest BCUT2D eigenvalue weighted by Gasteiger charge is 2.59. The number of hydrogen-bond acceptors (Lipinski definition) is 9. The Balaban J connectivity index is 1.19. The number of allylic oxidation sites excluding steroid dienone is 2. The minimum absolute atomic E-state index is 0.0731. The predicted octanol–water partition coefficient (Wildman–Crippen LogP) is 5.04. The Kier molecular flexibility index (Phi) is 8.87. The van der Waals surface area contributed by atoms with E-state index < -0.39 is 40.9 Å². The number of carbonyl (C=O) groups is 3. The zero-order valence-electron chi connectivity index (χ0n) is 26.0. The van der Waals surface area contributed by atoms with Crippen molar-refractivity contribution < 1.29 is 34.0 Å². The summed E-state index contributed by atoms with van der Waals surface area (Å²) in [4.78, 5) is 53.3. The first kappa shape index (κ1) is 31.7. The van der Waals surface area contributed by atoms with Gasteiger partial charge in [-0.2, -0.15) is 0 Å². The molecule has 3 saturated carbocycles. The standard InChI is InChI=1S/C33H43N3O8/c1-19(37)24-8-9-25-23-7-6-21-17-22(11-13-32(21,2)26(23)12-14-33(24,25)3)35-44-18-30(39)34-27(31(40)43-4)15-20-5-10-29(38)28(16-20)36(41)42/h5,10,16-17,23-27,38H,6-9,11-15,18H2,1-4H3,(H,34,39)/b35-22+/t23?,24?,25?,26?,27?,32-,33+/m0/s1. The van der Waals surface area contributed by atoms with Gasteiger partial charge in [0.1, 0.15) is 11.8 Å². The Morgan fingerprint density at radius 1 is 1.14 bits per heavy atom. The van der Waals surface area contributed by atoms with Crippen LogP contribution in [0.2, 0.25) is 0 Å². The predicted molar refractivity (Wildman–Crippen MR) is 162 cm³/mol. The van der Waals surface area contributed by atoms with Crippen molar-refractivity contribution in [2.24, 2.45) is 39.7 Å². The largest absolute Gasteiger partial charge is 0.502 e. The van der Waals surface area contributed by atoms with E-state index in [-0.39, 0.29) is 23.2 Å². The lowest BCUT2D eigenvalue weighted by molar-refractivity contribution is -0.385. The van der Waals surface area contributed by atoms with Crippen LogP contribution < -0.4 is 5.32 Å². The summed E-state index contributed by atoms with van der Waals surface area (Å²) in [7, 11) is 1.18. The zero-order valence-corrected chi connectivity index (χ0v) is 26.0. The molecule has 0 radical (unpaired) electrons. The van der Waals surface area contributed by atoms with Gasteiger partial charge in [0.15, 0.2) is 12.4 Å². The van der Waals surface area contributed by atoms with Gasteiger partial charge in [-0.25, -0.2) is 4.79 Å². The average molecular weight is 610 g/mol. The number of fused-ring (bicyclic) bond motifs is 5. The molecule has 238 valence electrons. The van der Waals surface area contributed by atoms with Gasteiger partial charge in [0, 0.05) is 18.4 Å². The van der Waals surface area contributed by atoms with Crippen LogP contribution >= 0.6 is 0 Å². The highest BCUT2D eigenvalue weighted by Crippen LogP contribution is 2.66. The number of oxime groups is 1. The van der Waals surface area contributed by atoms with Gasteiger partial charge in [0.25, 0.3) is 5.91 Å². The molecule has 11 nitrogen and oxygen atoms in total. The van der Waals surface area contributed by atoms with E-state index in [1.165, 1.54) is 24.8 Å². The van der Waals surface area contributed by atoms with Crippen molar-refractivity contribution in [2.45, 2.75) is 84.6 Å². The number of benzene rings is 1. The number of aromatic hydroxyl groups is 1. The van der Waals surface area contributed by atoms with Crippen LogP contribution in [0.1, 0.15) is 77.7 Å². The fourth-order valence-corrected chi connectivity index (χ4v) is 9.13. The number of phenols is 1. The van der Waals surface area contributed by atoms with Gasteiger partial charge in [-0.05, 0) is 105 Å². The highest BCUT2D eigenvalue weighted by molar-refractivity contribution is 5.96. The van der Waals surface area contributed by atoms with Crippen LogP contribution in [-0.2, 0) is 30.4 Å². The Hall–Kier alpha value is -3.76. The minimum atomic E-state index is -1.11. The number of phenolic OH excluding ortho intramolecular Hbond substituents is 1. The molecule has 0 saturated heterocycles. The maximum atomic E-state index is 12.7. The van der Waals surface area contributed by atoms with Crippen molar-refractivity contribution in [3.8, 4) is 5.75 Å². The number of methoxy groups -OCH3 is 1. The molecule has 1 aromatic carbocycles. The van der Waals surface area contributed by atoms with E-state index in [4.69, 9.17) is 9.57 Å². The van der Waals surface area contributed by atoms with Gasteiger partial charge < -0.3 is 20.0 Å². The Labute approximate surface area is 257 Å². The summed E-state index contributed by atoms with van der Waals surface area (Å²) in [6.07, 6.45) is 10.4. The average Bonchev–Trinajstić information content (AvgIpc) is 3.35. The van der Waals surface area contributed by atoms with Crippen LogP contribution in [0.25, 0.3) is 0 Å². The molecule has 0 heterocycles. The van der Waals surface area contributed by atoms with Gasteiger partial charge in [-0.1, -0.05) is 30.6 Å². The molecule has 4 aliphatic carbocycles. The molecule has 11 heteroatoms. The number of amides is 1. The smallest absolute Gasteiger partial charge is 0.328 e. The van der Waals surface area contributed by atoms with Crippen molar-refractivity contribution in [3.63, 3.8) is 0 Å². The second-order valence-corrected chi connectivity index (χ2v) is 13.6. The third kappa shape index (κ3) is 5.85. The number of carbonyl (C=O) groups excluding carboxylic acids is 3. The molecule has 4 aliphatic rings. The first-order valence-electron chi connectivity index (χ1n) is 15.6. The monoisotopic (exact) mass is 609 g/mol. The number of hydrogen-bond donors (Lipinski definition) is 2. The summed E-state index contributed by atoms with van der Waals surface area (Å²) >= 11 is 0. The molecule has 2 N–H and O–H groups in total. The SMILES string of the molecule is COC(=O)C(Cc1ccc(O)c([N+](=O)[O-])c1)NC(=O)CO/N=C1/C=C2CCC3C4CCC(C(C)=O)[C@@]4(C)CCC3[C@@]2(C)CC1. The number of nitrogens with zero attached hydrogens (tertiary/aromatic N) is 2. The maximum Gasteiger partial charge on any atom is 0.328 e. The molecule has 1 aromatic rings. The van der Waals surface area contributed by atoms with Crippen LogP contribution in [0, 0.1) is 44.6 Å². The van der Waals surface area contributed by atoms with Crippen molar-refractivity contribution >= 4 is 29.1 Å². The molecule has 3 fully saturated rings. The molecule has 0 bridgehead atoms. The molecule has 0 aromatic heterocycles.